The third-order valence-electron chi connectivity index (χ3n) is 6.91. The Kier molecular flexibility index (Phi) is 10.4. The van der Waals surface area contributed by atoms with Gasteiger partial charge in [0.1, 0.15) is 23.9 Å². The largest absolute Gasteiger partial charge is 0.497 e. The zero-order valence-electron chi connectivity index (χ0n) is 23.7. The van der Waals surface area contributed by atoms with Crippen molar-refractivity contribution in [3.63, 3.8) is 0 Å². The highest BCUT2D eigenvalue weighted by atomic mass is 32.2. The predicted molar refractivity (Wildman–Crippen MR) is 158 cm³/mol. The number of amides is 1. The van der Waals surface area contributed by atoms with Crippen LogP contribution in [0.25, 0.3) is 0 Å². The number of carbonyl (C=O) groups is 1. The molecule has 4 rings (SSSR count). The number of aliphatic hydroxyl groups is 1. The maximum atomic E-state index is 13.7. The van der Waals surface area contributed by atoms with Crippen LogP contribution in [-0.2, 0) is 25.8 Å². The summed E-state index contributed by atoms with van der Waals surface area (Å²) in [7, 11) is -0.515. The van der Waals surface area contributed by atoms with Gasteiger partial charge in [-0.05, 0) is 73.0 Å². The van der Waals surface area contributed by atoms with Crippen LogP contribution in [0.5, 0.6) is 17.2 Å². The highest BCUT2D eigenvalue weighted by Crippen LogP contribution is 2.29. The monoisotopic (exact) mass is 596 g/mol. The van der Waals surface area contributed by atoms with Crippen molar-refractivity contribution >= 4 is 21.6 Å². The van der Waals surface area contributed by atoms with Crippen LogP contribution in [0.3, 0.4) is 0 Å². The van der Waals surface area contributed by atoms with Crippen LogP contribution in [0.4, 0.5) is 0 Å². The molecule has 0 aliphatic carbocycles. The molecule has 3 aromatic rings. The Labute approximate surface area is 246 Å². The van der Waals surface area contributed by atoms with Crippen molar-refractivity contribution in [1.82, 2.24) is 5.32 Å². The van der Waals surface area contributed by atoms with E-state index in [-0.39, 0.29) is 42.7 Å². The number of benzene rings is 3. The lowest BCUT2D eigenvalue weighted by atomic mass is 9.97. The molecule has 1 heterocycles. The summed E-state index contributed by atoms with van der Waals surface area (Å²) in [5, 5.41) is 11.9. The molecule has 0 saturated heterocycles. The molecule has 1 aliphatic heterocycles. The van der Waals surface area contributed by atoms with Crippen LogP contribution in [0.15, 0.2) is 82.7 Å². The molecule has 2 N–H and O–H groups in total. The number of rotatable bonds is 15. The van der Waals surface area contributed by atoms with Gasteiger partial charge in [-0.25, -0.2) is 13.4 Å². The Morgan fingerprint density at radius 2 is 1.76 bits per heavy atom. The van der Waals surface area contributed by atoms with E-state index in [1.165, 1.54) is 12.1 Å². The molecule has 224 valence electrons. The number of sulfone groups is 1. The van der Waals surface area contributed by atoms with Gasteiger partial charge in [0.15, 0.2) is 15.4 Å². The van der Waals surface area contributed by atoms with E-state index in [9.17, 15) is 13.2 Å². The van der Waals surface area contributed by atoms with E-state index in [0.717, 1.165) is 5.56 Å². The van der Waals surface area contributed by atoms with Crippen molar-refractivity contribution in [1.29, 1.82) is 0 Å². The molecule has 1 atom stereocenters. The van der Waals surface area contributed by atoms with Gasteiger partial charge in [-0.3, -0.25) is 4.79 Å². The smallest absolute Gasteiger partial charge is 0.251 e. The molecule has 1 aliphatic rings. The first-order chi connectivity index (χ1) is 20.3. The number of hydrogen-bond donors (Lipinski definition) is 2. The highest BCUT2D eigenvalue weighted by Gasteiger charge is 2.45. The van der Waals surface area contributed by atoms with E-state index in [1.54, 1.807) is 68.8 Å². The Bertz CT molecular complexity index is 1480. The summed E-state index contributed by atoms with van der Waals surface area (Å²) in [5.41, 5.74) is 0.0450. The highest BCUT2D eigenvalue weighted by molar-refractivity contribution is 7.91. The maximum Gasteiger partial charge on any atom is 0.251 e. The van der Waals surface area contributed by atoms with Crippen LogP contribution in [0, 0.1) is 0 Å². The first kappa shape index (κ1) is 30.9. The minimum absolute atomic E-state index is 0.0416. The van der Waals surface area contributed by atoms with Gasteiger partial charge >= 0.3 is 0 Å². The van der Waals surface area contributed by atoms with Crippen LogP contribution >= 0.6 is 0 Å². The summed E-state index contributed by atoms with van der Waals surface area (Å²) in [6.07, 6.45) is 0.912. The molecule has 1 amide bonds. The van der Waals surface area contributed by atoms with E-state index >= 15 is 0 Å². The van der Waals surface area contributed by atoms with Crippen molar-refractivity contribution < 1.29 is 37.3 Å². The van der Waals surface area contributed by atoms with Gasteiger partial charge in [0.2, 0.25) is 5.90 Å². The van der Waals surface area contributed by atoms with E-state index in [1.807, 2.05) is 6.07 Å². The molecule has 0 saturated carbocycles. The molecule has 10 nitrogen and oxygen atoms in total. The Balaban J connectivity index is 1.53. The third-order valence-corrected chi connectivity index (χ3v) is 8.64. The SMILES string of the molecule is COc1ccc(OC)c(CCNC(=O)[C@@]2(CCS(=O)(=O)c3ccccc3)COC(c3ccc(OCCCO)cc3)=N2)c1. The van der Waals surface area contributed by atoms with Crippen LogP contribution in [-0.4, -0.2) is 77.2 Å². The molecule has 0 fully saturated rings. The number of hydrogen-bond acceptors (Lipinski definition) is 9. The summed E-state index contributed by atoms with van der Waals surface area (Å²) in [5.74, 6) is 1.50. The Morgan fingerprint density at radius 1 is 1.02 bits per heavy atom. The quantitative estimate of drug-likeness (QED) is 0.256. The third kappa shape index (κ3) is 7.59. The van der Waals surface area contributed by atoms with Gasteiger partial charge in [0.25, 0.3) is 5.91 Å². The van der Waals surface area contributed by atoms with Gasteiger partial charge in [0, 0.05) is 25.1 Å². The lowest BCUT2D eigenvalue weighted by Gasteiger charge is -2.23. The average Bonchev–Trinajstić information content (AvgIpc) is 3.47. The number of methoxy groups -OCH3 is 2. The number of aliphatic imine (C=N–C) groups is 1. The lowest BCUT2D eigenvalue weighted by molar-refractivity contribution is -0.126. The topological polar surface area (TPSA) is 133 Å². The first-order valence-corrected chi connectivity index (χ1v) is 15.3. The zero-order chi connectivity index (χ0) is 30.0. The molecule has 11 heteroatoms. The molecular weight excluding hydrogens is 560 g/mol. The molecule has 0 spiro atoms. The second-order valence-corrected chi connectivity index (χ2v) is 11.9. The number of ether oxygens (including phenoxy) is 4. The predicted octanol–water partition coefficient (Wildman–Crippen LogP) is 3.20. The van der Waals surface area contributed by atoms with E-state index in [2.05, 4.69) is 10.3 Å². The summed E-state index contributed by atoms with van der Waals surface area (Å²) in [6, 6.07) is 20.6. The van der Waals surface area contributed by atoms with Crippen molar-refractivity contribution in [2.24, 2.45) is 4.99 Å². The molecule has 0 unspecified atom stereocenters. The lowest BCUT2D eigenvalue weighted by Crippen LogP contribution is -2.48. The standard InChI is InChI=1S/C31H36N2O8S/c1-38-26-13-14-28(39-2)24(21-26)15-17-32-30(35)31(16-20-42(36,37)27-7-4-3-5-8-27)22-41-29(33-31)23-9-11-25(12-10-23)40-19-6-18-34/h3-5,7-14,21,34H,6,15-20,22H2,1-2H3,(H,32,35)/t31-/m1/s1. The van der Waals surface area contributed by atoms with Crippen LogP contribution in [0.1, 0.15) is 24.0 Å². The zero-order valence-corrected chi connectivity index (χ0v) is 24.6. The fourth-order valence-corrected chi connectivity index (χ4v) is 5.92. The average molecular weight is 597 g/mol. The second-order valence-electron chi connectivity index (χ2n) is 9.75. The molecule has 0 radical (unpaired) electrons. The van der Waals surface area contributed by atoms with Crippen molar-refractivity contribution in [2.45, 2.75) is 29.7 Å². The van der Waals surface area contributed by atoms with Gasteiger partial charge in [-0.15, -0.1) is 0 Å². The second kappa shape index (κ2) is 14.2. The molecule has 0 aromatic heterocycles. The number of aliphatic hydroxyl groups excluding tert-OH is 1. The van der Waals surface area contributed by atoms with E-state index in [0.29, 0.717) is 42.3 Å². The normalized spacial score (nSPS) is 16.3. The maximum absolute atomic E-state index is 13.7. The van der Waals surface area contributed by atoms with Gasteiger partial charge in [0.05, 0.1) is 31.5 Å². The number of nitrogens with one attached hydrogen (secondary N) is 1. The summed E-state index contributed by atoms with van der Waals surface area (Å²) in [4.78, 5) is 18.5. The summed E-state index contributed by atoms with van der Waals surface area (Å²) >= 11 is 0. The Morgan fingerprint density at radius 3 is 2.45 bits per heavy atom. The fourth-order valence-electron chi connectivity index (χ4n) is 4.50. The number of carbonyl (C=O) groups excluding carboxylic acids is 1. The van der Waals surface area contributed by atoms with Gasteiger partial charge in [-0.2, -0.15) is 0 Å². The molecule has 0 bridgehead atoms. The van der Waals surface area contributed by atoms with Crippen molar-refractivity contribution in [3.8, 4) is 17.2 Å². The van der Waals surface area contributed by atoms with Crippen LogP contribution in [0.2, 0.25) is 0 Å². The van der Waals surface area contributed by atoms with Gasteiger partial charge < -0.3 is 29.4 Å². The number of nitrogens with zero attached hydrogens (tertiary/aromatic N) is 1. The summed E-state index contributed by atoms with van der Waals surface area (Å²) < 4.78 is 48.4. The van der Waals surface area contributed by atoms with E-state index in [4.69, 9.17) is 24.1 Å². The van der Waals surface area contributed by atoms with Crippen molar-refractivity contribution in [2.75, 3.05) is 46.3 Å². The Hall–Kier alpha value is -4.09. The first-order valence-electron chi connectivity index (χ1n) is 13.6. The molecular formula is C31H36N2O8S. The molecule has 3 aromatic carbocycles. The minimum Gasteiger partial charge on any atom is -0.497 e. The van der Waals surface area contributed by atoms with E-state index < -0.39 is 21.3 Å². The molecule has 42 heavy (non-hydrogen) atoms. The van der Waals surface area contributed by atoms with Gasteiger partial charge in [-0.1, -0.05) is 18.2 Å². The minimum atomic E-state index is -3.67. The fraction of sp³-hybridized carbons (Fsp3) is 0.355. The summed E-state index contributed by atoms with van der Waals surface area (Å²) in [6.45, 7) is 0.587. The van der Waals surface area contributed by atoms with Crippen LogP contribution < -0.4 is 19.5 Å². The van der Waals surface area contributed by atoms with Crippen molar-refractivity contribution in [3.05, 3.63) is 83.9 Å².